The molecule has 0 radical (unpaired) electrons. The zero-order valence-electron chi connectivity index (χ0n) is 16.2. The summed E-state index contributed by atoms with van der Waals surface area (Å²) in [5.74, 6) is 3.84. The van der Waals surface area contributed by atoms with E-state index in [1.165, 1.54) is 37.2 Å². The maximum Gasteiger partial charge on any atom is 0.227 e. The molecule has 0 spiro atoms. The standard InChI is InChI=1S/C21H30N2O3S/c1-16(17-4-5-18-19(14-17)26-11-10-25-18)20(24)22-15-21(6-2-3-7-21)23-8-12-27-13-9-23/h4-5,14,16H,2-3,6-13,15H2,1H3,(H,22,24). The second-order valence-electron chi connectivity index (χ2n) is 7.87. The molecular formula is C21H30N2O3S. The molecule has 3 aliphatic rings. The smallest absolute Gasteiger partial charge is 0.227 e. The van der Waals surface area contributed by atoms with Crippen molar-refractivity contribution in [2.24, 2.45) is 0 Å². The van der Waals surface area contributed by atoms with Gasteiger partial charge in [0, 0.05) is 36.7 Å². The minimum Gasteiger partial charge on any atom is -0.486 e. The predicted molar refractivity (Wildman–Crippen MR) is 109 cm³/mol. The summed E-state index contributed by atoms with van der Waals surface area (Å²) in [4.78, 5) is 15.5. The van der Waals surface area contributed by atoms with Crippen LogP contribution in [0.1, 0.15) is 44.1 Å². The number of hydrogen-bond acceptors (Lipinski definition) is 5. The molecule has 5 nitrogen and oxygen atoms in total. The Hall–Kier alpha value is -1.40. The monoisotopic (exact) mass is 390 g/mol. The summed E-state index contributed by atoms with van der Waals surface area (Å²) in [6.45, 7) is 6.19. The van der Waals surface area contributed by atoms with Gasteiger partial charge < -0.3 is 14.8 Å². The van der Waals surface area contributed by atoms with Crippen LogP contribution in [0, 0.1) is 0 Å². The van der Waals surface area contributed by atoms with Crippen molar-refractivity contribution in [3.05, 3.63) is 23.8 Å². The van der Waals surface area contributed by atoms with Gasteiger partial charge in [-0.2, -0.15) is 11.8 Å². The van der Waals surface area contributed by atoms with E-state index in [0.29, 0.717) is 13.2 Å². The average molecular weight is 391 g/mol. The fraction of sp³-hybridized carbons (Fsp3) is 0.667. The molecule has 1 aliphatic carbocycles. The Morgan fingerprint density at radius 2 is 1.89 bits per heavy atom. The van der Waals surface area contributed by atoms with Crippen LogP contribution < -0.4 is 14.8 Å². The molecule has 1 amide bonds. The molecule has 2 aliphatic heterocycles. The van der Waals surface area contributed by atoms with Crippen LogP contribution in [0.15, 0.2) is 18.2 Å². The van der Waals surface area contributed by atoms with Gasteiger partial charge in [0.2, 0.25) is 5.91 Å². The maximum atomic E-state index is 12.9. The Morgan fingerprint density at radius 1 is 1.19 bits per heavy atom. The lowest BCUT2D eigenvalue weighted by Crippen LogP contribution is -2.56. The highest BCUT2D eigenvalue weighted by Gasteiger charge is 2.40. The Kier molecular flexibility index (Phi) is 5.83. The summed E-state index contributed by atoms with van der Waals surface area (Å²) in [6.07, 6.45) is 4.96. The van der Waals surface area contributed by atoms with Crippen molar-refractivity contribution >= 4 is 17.7 Å². The van der Waals surface area contributed by atoms with Crippen molar-refractivity contribution in [1.82, 2.24) is 10.2 Å². The zero-order valence-corrected chi connectivity index (χ0v) is 17.0. The Bertz CT molecular complexity index is 669. The molecule has 4 rings (SSSR count). The van der Waals surface area contributed by atoms with Gasteiger partial charge in [0.05, 0.1) is 5.92 Å². The van der Waals surface area contributed by atoms with Crippen molar-refractivity contribution in [1.29, 1.82) is 0 Å². The largest absolute Gasteiger partial charge is 0.486 e. The Labute approximate surface area is 166 Å². The van der Waals surface area contributed by atoms with Gasteiger partial charge >= 0.3 is 0 Å². The van der Waals surface area contributed by atoms with Crippen LogP contribution in [0.4, 0.5) is 0 Å². The lowest BCUT2D eigenvalue weighted by atomic mass is 9.93. The molecule has 2 fully saturated rings. The summed E-state index contributed by atoms with van der Waals surface area (Å²) in [5, 5.41) is 3.28. The van der Waals surface area contributed by atoms with E-state index < -0.39 is 0 Å². The first-order valence-electron chi connectivity index (χ1n) is 10.2. The van der Waals surface area contributed by atoms with E-state index in [2.05, 4.69) is 10.2 Å². The zero-order chi connectivity index (χ0) is 18.7. The summed E-state index contributed by atoms with van der Waals surface area (Å²) in [5.41, 5.74) is 1.15. The van der Waals surface area contributed by atoms with E-state index >= 15 is 0 Å². The number of nitrogens with zero attached hydrogens (tertiary/aromatic N) is 1. The first kappa shape index (κ1) is 18.9. The number of carbonyl (C=O) groups excluding carboxylic acids is 1. The van der Waals surface area contributed by atoms with E-state index in [-0.39, 0.29) is 17.4 Å². The molecular weight excluding hydrogens is 360 g/mol. The van der Waals surface area contributed by atoms with Crippen LogP contribution in [0.5, 0.6) is 11.5 Å². The third kappa shape index (κ3) is 4.06. The molecule has 1 aromatic rings. The van der Waals surface area contributed by atoms with E-state index in [1.807, 2.05) is 36.9 Å². The SMILES string of the molecule is CC(C(=O)NCC1(N2CCSCC2)CCCC1)c1ccc2c(c1)OCCO2. The van der Waals surface area contributed by atoms with Crippen LogP contribution in [0.25, 0.3) is 0 Å². The number of nitrogens with one attached hydrogen (secondary N) is 1. The van der Waals surface area contributed by atoms with Crippen LogP contribution in [-0.2, 0) is 4.79 Å². The van der Waals surface area contributed by atoms with Crippen molar-refractivity contribution in [2.75, 3.05) is 44.4 Å². The lowest BCUT2D eigenvalue weighted by molar-refractivity contribution is -0.122. The third-order valence-corrected chi connectivity index (χ3v) is 7.21. The van der Waals surface area contributed by atoms with Crippen molar-refractivity contribution in [3.8, 4) is 11.5 Å². The average Bonchev–Trinajstić information content (AvgIpc) is 3.22. The molecule has 0 bridgehead atoms. The van der Waals surface area contributed by atoms with Gasteiger partial charge in [0.25, 0.3) is 0 Å². The first-order chi connectivity index (χ1) is 13.2. The third-order valence-electron chi connectivity index (χ3n) is 6.27. The highest BCUT2D eigenvalue weighted by atomic mass is 32.2. The van der Waals surface area contributed by atoms with Crippen LogP contribution >= 0.6 is 11.8 Å². The second kappa shape index (κ2) is 8.31. The van der Waals surface area contributed by atoms with Gasteiger partial charge in [-0.15, -0.1) is 0 Å². The topological polar surface area (TPSA) is 50.8 Å². The van der Waals surface area contributed by atoms with Crippen molar-refractivity contribution in [2.45, 2.75) is 44.1 Å². The number of ether oxygens (including phenoxy) is 2. The first-order valence-corrected chi connectivity index (χ1v) is 11.3. The normalized spacial score (nSPS) is 23.0. The Morgan fingerprint density at radius 3 is 2.63 bits per heavy atom. The molecule has 148 valence electrons. The molecule has 27 heavy (non-hydrogen) atoms. The van der Waals surface area contributed by atoms with Crippen LogP contribution in [0.2, 0.25) is 0 Å². The maximum absolute atomic E-state index is 12.9. The second-order valence-corrected chi connectivity index (χ2v) is 9.10. The van der Waals surface area contributed by atoms with Crippen molar-refractivity contribution in [3.63, 3.8) is 0 Å². The number of carbonyl (C=O) groups is 1. The Balaban J connectivity index is 1.40. The summed E-state index contributed by atoms with van der Waals surface area (Å²) in [6, 6.07) is 5.84. The fourth-order valence-corrected chi connectivity index (χ4v) is 5.46. The van der Waals surface area contributed by atoms with Gasteiger partial charge in [-0.25, -0.2) is 0 Å². The van der Waals surface area contributed by atoms with Crippen LogP contribution in [0.3, 0.4) is 0 Å². The minimum absolute atomic E-state index is 0.101. The van der Waals surface area contributed by atoms with E-state index in [0.717, 1.165) is 36.7 Å². The van der Waals surface area contributed by atoms with E-state index in [9.17, 15) is 4.79 Å². The number of fused-ring (bicyclic) bond motifs is 1. The molecule has 1 unspecified atom stereocenters. The van der Waals surface area contributed by atoms with Crippen molar-refractivity contribution < 1.29 is 14.3 Å². The van der Waals surface area contributed by atoms with E-state index in [4.69, 9.17) is 9.47 Å². The number of benzene rings is 1. The van der Waals surface area contributed by atoms with Gasteiger partial charge in [0.15, 0.2) is 11.5 Å². The van der Waals surface area contributed by atoms with Gasteiger partial charge in [-0.1, -0.05) is 18.9 Å². The molecule has 0 aromatic heterocycles. The summed E-state index contributed by atoms with van der Waals surface area (Å²) >= 11 is 2.04. The van der Waals surface area contributed by atoms with E-state index in [1.54, 1.807) is 0 Å². The van der Waals surface area contributed by atoms with Crippen LogP contribution in [-0.4, -0.2) is 60.7 Å². The number of thioether (sulfide) groups is 1. The number of amides is 1. The predicted octanol–water partition coefficient (Wildman–Crippen LogP) is 3.04. The fourth-order valence-electron chi connectivity index (χ4n) is 4.56. The highest BCUT2D eigenvalue weighted by molar-refractivity contribution is 7.99. The molecule has 2 heterocycles. The number of hydrogen-bond donors (Lipinski definition) is 1. The quantitative estimate of drug-likeness (QED) is 0.838. The summed E-state index contributed by atoms with van der Waals surface area (Å²) < 4.78 is 11.2. The highest BCUT2D eigenvalue weighted by Crippen LogP contribution is 2.37. The molecule has 1 atom stereocenters. The van der Waals surface area contributed by atoms with Gasteiger partial charge in [-0.05, 0) is 37.5 Å². The molecule has 6 heteroatoms. The molecule has 1 aromatic carbocycles. The number of rotatable bonds is 5. The lowest BCUT2D eigenvalue weighted by Gasteiger charge is -2.43. The minimum atomic E-state index is -0.198. The molecule has 1 N–H and O–H groups in total. The summed E-state index contributed by atoms with van der Waals surface area (Å²) in [7, 11) is 0. The molecule has 1 saturated heterocycles. The van der Waals surface area contributed by atoms with Gasteiger partial charge in [-0.3, -0.25) is 9.69 Å². The molecule has 1 saturated carbocycles. The van der Waals surface area contributed by atoms with Gasteiger partial charge in [0.1, 0.15) is 13.2 Å².